The summed E-state index contributed by atoms with van der Waals surface area (Å²) < 4.78 is 46.5. The van der Waals surface area contributed by atoms with E-state index in [-0.39, 0.29) is 13.0 Å². The molecule has 1 amide bonds. The first kappa shape index (κ1) is 17.1. The summed E-state index contributed by atoms with van der Waals surface area (Å²) in [5.74, 6) is 0.505. The molecule has 0 atom stereocenters. The maximum Gasteiger partial charge on any atom is 0.405 e. The van der Waals surface area contributed by atoms with E-state index in [1.807, 2.05) is 18.3 Å². The molecule has 0 aromatic heterocycles. The van der Waals surface area contributed by atoms with E-state index in [9.17, 15) is 18.0 Å². The lowest BCUT2D eigenvalue weighted by Crippen LogP contribution is -2.33. The van der Waals surface area contributed by atoms with Gasteiger partial charge >= 0.3 is 6.18 Å². The molecule has 1 N–H and O–H groups in total. The molecule has 0 aliphatic rings. The van der Waals surface area contributed by atoms with Crippen molar-refractivity contribution in [3.63, 3.8) is 0 Å². The molecule has 0 saturated carbocycles. The van der Waals surface area contributed by atoms with Gasteiger partial charge in [-0.25, -0.2) is 0 Å². The molecular weight excluding hydrogens is 287 g/mol. The lowest BCUT2D eigenvalue weighted by atomic mass is 10.3. The van der Waals surface area contributed by atoms with Crippen molar-refractivity contribution in [3.8, 4) is 11.5 Å². The van der Waals surface area contributed by atoms with Gasteiger partial charge in [0.05, 0.1) is 13.2 Å². The highest BCUT2D eigenvalue weighted by Gasteiger charge is 2.27. The maximum atomic E-state index is 11.9. The molecule has 0 unspecified atom stereocenters. The number of nitrogens with one attached hydrogen (secondary N) is 1. The van der Waals surface area contributed by atoms with Crippen LogP contribution in [-0.4, -0.2) is 31.8 Å². The van der Waals surface area contributed by atoms with E-state index < -0.39 is 18.6 Å². The van der Waals surface area contributed by atoms with Crippen LogP contribution >= 0.6 is 0 Å². The Morgan fingerprint density at radius 3 is 2.38 bits per heavy atom. The summed E-state index contributed by atoms with van der Waals surface area (Å²) >= 11 is 0. The predicted octanol–water partition coefficient (Wildman–Crippen LogP) is 2.92. The molecule has 0 spiro atoms. The van der Waals surface area contributed by atoms with Gasteiger partial charge in [0.25, 0.3) is 0 Å². The Morgan fingerprint density at radius 1 is 1.19 bits per heavy atom. The van der Waals surface area contributed by atoms with E-state index >= 15 is 0 Å². The summed E-state index contributed by atoms with van der Waals surface area (Å²) in [5.41, 5.74) is 0. The van der Waals surface area contributed by atoms with Crippen LogP contribution in [0, 0.1) is 0 Å². The van der Waals surface area contributed by atoms with Crippen LogP contribution in [-0.2, 0) is 4.79 Å². The predicted molar refractivity (Wildman–Crippen MR) is 71.4 cm³/mol. The smallest absolute Gasteiger partial charge is 0.405 e. The van der Waals surface area contributed by atoms with Gasteiger partial charge in [-0.1, -0.05) is 12.1 Å². The third-order valence-corrected chi connectivity index (χ3v) is 2.44. The lowest BCUT2D eigenvalue weighted by Gasteiger charge is -2.11. The van der Waals surface area contributed by atoms with Crippen LogP contribution in [0.25, 0.3) is 0 Å². The number of alkyl halides is 3. The molecule has 0 aliphatic heterocycles. The molecule has 7 heteroatoms. The Kier molecular flexibility index (Phi) is 6.84. The highest BCUT2D eigenvalue weighted by atomic mass is 19.4. The van der Waals surface area contributed by atoms with Crippen molar-refractivity contribution in [1.29, 1.82) is 0 Å². The number of carbonyl (C=O) groups is 1. The third-order valence-electron chi connectivity index (χ3n) is 2.44. The Bertz CT molecular complexity index is 449. The summed E-state index contributed by atoms with van der Waals surface area (Å²) in [7, 11) is 0. The zero-order chi connectivity index (χ0) is 15.7. The number of hydrogen-bond donors (Lipinski definition) is 1. The van der Waals surface area contributed by atoms with Gasteiger partial charge in [0, 0.05) is 6.42 Å². The quantitative estimate of drug-likeness (QED) is 0.751. The first-order chi connectivity index (χ1) is 9.92. The van der Waals surface area contributed by atoms with E-state index in [4.69, 9.17) is 9.47 Å². The Balaban J connectivity index is 2.26. The molecule has 21 heavy (non-hydrogen) atoms. The van der Waals surface area contributed by atoms with Crippen LogP contribution in [0.3, 0.4) is 0 Å². The number of rotatable bonds is 8. The molecule has 0 fully saturated rings. The molecule has 0 aliphatic carbocycles. The van der Waals surface area contributed by atoms with Crippen LogP contribution in [0.5, 0.6) is 11.5 Å². The van der Waals surface area contributed by atoms with Gasteiger partial charge in [-0.3, -0.25) is 4.79 Å². The third kappa shape index (κ3) is 7.43. The molecule has 118 valence electrons. The second-order valence-corrected chi connectivity index (χ2v) is 4.22. The number of halogens is 3. The molecule has 4 nitrogen and oxygen atoms in total. The Hall–Kier alpha value is -1.92. The van der Waals surface area contributed by atoms with E-state index in [0.717, 1.165) is 0 Å². The normalized spacial score (nSPS) is 11.0. The van der Waals surface area contributed by atoms with E-state index in [1.54, 1.807) is 18.2 Å². The van der Waals surface area contributed by atoms with Crippen molar-refractivity contribution in [2.24, 2.45) is 0 Å². The van der Waals surface area contributed by atoms with Crippen LogP contribution in [0.15, 0.2) is 24.3 Å². The van der Waals surface area contributed by atoms with Crippen LogP contribution in [0.2, 0.25) is 0 Å². The van der Waals surface area contributed by atoms with Crippen LogP contribution in [0.1, 0.15) is 19.8 Å². The van der Waals surface area contributed by atoms with Gasteiger partial charge in [-0.2, -0.15) is 13.2 Å². The number of amides is 1. The summed E-state index contributed by atoms with van der Waals surface area (Å²) in [6.07, 6.45) is -4.08. The van der Waals surface area contributed by atoms with Gasteiger partial charge in [-0.05, 0) is 25.5 Å². The molecule has 1 rings (SSSR count). The largest absolute Gasteiger partial charge is 0.490 e. The first-order valence-electron chi connectivity index (χ1n) is 6.60. The van der Waals surface area contributed by atoms with Gasteiger partial charge < -0.3 is 14.8 Å². The van der Waals surface area contributed by atoms with Crippen LogP contribution in [0.4, 0.5) is 13.2 Å². The van der Waals surface area contributed by atoms with Crippen molar-refractivity contribution in [2.75, 3.05) is 19.8 Å². The highest BCUT2D eigenvalue weighted by molar-refractivity contribution is 5.75. The highest BCUT2D eigenvalue weighted by Crippen LogP contribution is 2.26. The number of ether oxygens (including phenoxy) is 2. The SMILES string of the molecule is CCOc1ccccc1OCCCC(=O)NCC(F)(F)F. The summed E-state index contributed by atoms with van der Waals surface area (Å²) in [5, 5.41) is 1.81. The fourth-order valence-electron chi connectivity index (χ4n) is 1.55. The lowest BCUT2D eigenvalue weighted by molar-refractivity contribution is -0.138. The van der Waals surface area contributed by atoms with Crippen molar-refractivity contribution in [2.45, 2.75) is 25.9 Å². The molecule has 0 bridgehead atoms. The molecule has 0 heterocycles. The van der Waals surface area contributed by atoms with Crippen molar-refractivity contribution >= 4 is 5.91 Å². The summed E-state index contributed by atoms with van der Waals surface area (Å²) in [6.45, 7) is 1.27. The average Bonchev–Trinajstić information content (AvgIpc) is 2.42. The zero-order valence-electron chi connectivity index (χ0n) is 11.7. The number of hydrogen-bond acceptors (Lipinski definition) is 3. The van der Waals surface area contributed by atoms with Gasteiger partial charge in [0.1, 0.15) is 6.54 Å². The standard InChI is InChI=1S/C14H18F3NO3/c1-2-20-11-6-3-4-7-12(11)21-9-5-8-13(19)18-10-14(15,16)17/h3-4,6-7H,2,5,8-10H2,1H3,(H,18,19). The first-order valence-corrected chi connectivity index (χ1v) is 6.60. The van der Waals surface area contributed by atoms with Crippen molar-refractivity contribution in [1.82, 2.24) is 5.32 Å². The van der Waals surface area contributed by atoms with Gasteiger partial charge in [-0.15, -0.1) is 0 Å². The van der Waals surface area contributed by atoms with Crippen LogP contribution < -0.4 is 14.8 Å². The van der Waals surface area contributed by atoms with E-state index in [2.05, 4.69) is 0 Å². The van der Waals surface area contributed by atoms with Crippen molar-refractivity contribution < 1.29 is 27.4 Å². The average molecular weight is 305 g/mol. The molecule has 0 radical (unpaired) electrons. The number of benzene rings is 1. The minimum Gasteiger partial charge on any atom is -0.490 e. The zero-order valence-corrected chi connectivity index (χ0v) is 11.7. The number of para-hydroxylation sites is 2. The van der Waals surface area contributed by atoms with Gasteiger partial charge in [0.15, 0.2) is 11.5 Å². The fourth-order valence-corrected chi connectivity index (χ4v) is 1.55. The van der Waals surface area contributed by atoms with Gasteiger partial charge in [0.2, 0.25) is 5.91 Å². The molecule has 1 aromatic carbocycles. The Morgan fingerprint density at radius 2 is 1.81 bits per heavy atom. The summed E-state index contributed by atoms with van der Waals surface area (Å²) in [4.78, 5) is 11.2. The number of carbonyl (C=O) groups excluding carboxylic acids is 1. The second kappa shape index (κ2) is 8.39. The fraction of sp³-hybridized carbons (Fsp3) is 0.500. The van der Waals surface area contributed by atoms with E-state index in [0.29, 0.717) is 24.5 Å². The second-order valence-electron chi connectivity index (χ2n) is 4.22. The molecular formula is C14H18F3NO3. The maximum absolute atomic E-state index is 11.9. The Labute approximate surface area is 121 Å². The molecule has 0 saturated heterocycles. The molecule has 1 aromatic rings. The van der Waals surface area contributed by atoms with E-state index in [1.165, 1.54) is 0 Å². The topological polar surface area (TPSA) is 47.6 Å². The van der Waals surface area contributed by atoms with Crippen molar-refractivity contribution in [3.05, 3.63) is 24.3 Å². The minimum atomic E-state index is -4.39. The minimum absolute atomic E-state index is 0.0210. The monoisotopic (exact) mass is 305 g/mol. The summed E-state index contributed by atoms with van der Waals surface area (Å²) in [6, 6.07) is 7.08.